The van der Waals surface area contributed by atoms with Gasteiger partial charge >= 0.3 is 0 Å². The molecular weight excluding hydrogens is 465 g/mol. The number of likely N-dealkylation sites (N-methyl/N-ethyl adjacent to an activating group) is 1. The molecule has 2 heterocycles. The van der Waals surface area contributed by atoms with Gasteiger partial charge in [-0.1, -0.05) is 12.1 Å². The van der Waals surface area contributed by atoms with Crippen molar-refractivity contribution in [1.29, 1.82) is 0 Å². The zero-order valence-corrected chi connectivity index (χ0v) is 18.5. The van der Waals surface area contributed by atoms with E-state index in [1.165, 1.54) is 16.8 Å². The lowest BCUT2D eigenvalue weighted by atomic mass is 9.99. The summed E-state index contributed by atoms with van der Waals surface area (Å²) in [5, 5.41) is 3.01. The van der Waals surface area contributed by atoms with E-state index in [0.29, 0.717) is 6.42 Å². The van der Waals surface area contributed by atoms with Gasteiger partial charge in [-0.3, -0.25) is 4.79 Å². The molecule has 0 bridgehead atoms. The number of benzene rings is 2. The Morgan fingerprint density at radius 1 is 1.18 bits per heavy atom. The third-order valence-corrected chi connectivity index (χ3v) is 6.77. The number of carbonyl (C=O) groups excluding carboxylic acids is 1. The zero-order valence-electron chi connectivity index (χ0n) is 16.4. The fourth-order valence-corrected chi connectivity index (χ4v) is 4.34. The Morgan fingerprint density at radius 2 is 1.96 bits per heavy atom. The van der Waals surface area contributed by atoms with E-state index in [1.807, 2.05) is 30.3 Å². The molecule has 0 aromatic heterocycles. The number of ether oxygens (including phenoxy) is 1. The summed E-state index contributed by atoms with van der Waals surface area (Å²) in [4.78, 5) is 17.5. The average Bonchev–Trinajstić information content (AvgIpc) is 2.70. The molecule has 4 rings (SSSR count). The molecule has 5 nitrogen and oxygen atoms in total. The Labute approximate surface area is 180 Å². The van der Waals surface area contributed by atoms with Crippen molar-refractivity contribution in [3.63, 3.8) is 0 Å². The molecule has 28 heavy (non-hydrogen) atoms. The molecule has 2 aromatic rings. The molecule has 0 saturated carbocycles. The molecule has 2 aliphatic heterocycles. The zero-order chi connectivity index (χ0) is 19.7. The second kappa shape index (κ2) is 8.29. The van der Waals surface area contributed by atoms with Crippen molar-refractivity contribution < 1.29 is 9.53 Å². The minimum atomic E-state index is -0.450. The molecule has 2 aliphatic rings. The maximum Gasteiger partial charge on any atom is 0.265 e. The maximum absolute atomic E-state index is 12.7. The quantitative estimate of drug-likeness (QED) is 0.666. The molecule has 148 valence electrons. The van der Waals surface area contributed by atoms with E-state index in [4.69, 9.17) is 4.74 Å². The van der Waals surface area contributed by atoms with Crippen LogP contribution in [0.3, 0.4) is 0 Å². The Kier molecular flexibility index (Phi) is 5.78. The van der Waals surface area contributed by atoms with E-state index in [9.17, 15) is 4.79 Å². The van der Waals surface area contributed by atoms with Crippen molar-refractivity contribution in [2.75, 3.05) is 43.4 Å². The van der Waals surface area contributed by atoms with Crippen molar-refractivity contribution in [3.05, 3.63) is 51.1 Å². The molecule has 1 fully saturated rings. The second-order valence-corrected chi connectivity index (χ2v) is 8.80. The highest BCUT2D eigenvalue weighted by Crippen LogP contribution is 2.36. The highest BCUT2D eigenvalue weighted by molar-refractivity contribution is 14.1. The number of nitrogens with zero attached hydrogens (tertiary/aromatic N) is 2. The van der Waals surface area contributed by atoms with Crippen molar-refractivity contribution in [1.82, 2.24) is 4.90 Å². The van der Waals surface area contributed by atoms with Gasteiger partial charge in [0.25, 0.3) is 5.91 Å². The van der Waals surface area contributed by atoms with Crippen molar-refractivity contribution in [2.45, 2.75) is 25.9 Å². The molecule has 6 heteroatoms. The number of amides is 1. The summed E-state index contributed by atoms with van der Waals surface area (Å²) >= 11 is 2.29. The lowest BCUT2D eigenvalue weighted by Crippen LogP contribution is -2.45. The number of fused-ring (bicyclic) bond motifs is 1. The molecule has 1 unspecified atom stereocenters. The third-order valence-electron chi connectivity index (χ3n) is 5.61. The topological polar surface area (TPSA) is 44.8 Å². The lowest BCUT2D eigenvalue weighted by molar-refractivity contribution is -0.123. The van der Waals surface area contributed by atoms with Gasteiger partial charge in [-0.25, -0.2) is 0 Å². The summed E-state index contributed by atoms with van der Waals surface area (Å²) in [5.41, 5.74) is 4.52. The van der Waals surface area contributed by atoms with Gasteiger partial charge in [0, 0.05) is 46.7 Å². The number of nitrogens with one attached hydrogen (secondary N) is 1. The number of carbonyl (C=O) groups is 1. The van der Waals surface area contributed by atoms with Crippen molar-refractivity contribution >= 4 is 39.9 Å². The molecule has 0 aliphatic carbocycles. The molecule has 2 aromatic carbocycles. The van der Waals surface area contributed by atoms with Crippen LogP contribution in [0.1, 0.15) is 17.5 Å². The highest BCUT2D eigenvalue weighted by atomic mass is 127. The van der Waals surface area contributed by atoms with Crippen LogP contribution in [0.25, 0.3) is 0 Å². The van der Waals surface area contributed by atoms with Crippen LogP contribution in [0.15, 0.2) is 36.4 Å². The first kappa shape index (κ1) is 19.5. The van der Waals surface area contributed by atoms with E-state index in [0.717, 1.165) is 47.6 Å². The van der Waals surface area contributed by atoms with Crippen molar-refractivity contribution in [2.24, 2.45) is 0 Å². The van der Waals surface area contributed by atoms with E-state index >= 15 is 0 Å². The van der Waals surface area contributed by atoms with E-state index in [2.05, 4.69) is 57.7 Å². The Morgan fingerprint density at radius 3 is 2.71 bits per heavy atom. The van der Waals surface area contributed by atoms with Gasteiger partial charge in [0.05, 0.1) is 0 Å². The molecule has 0 spiro atoms. The summed E-state index contributed by atoms with van der Waals surface area (Å²) in [7, 11) is 2.17. The van der Waals surface area contributed by atoms with Crippen LogP contribution in [-0.2, 0) is 11.2 Å². The predicted octanol–water partition coefficient (Wildman–Crippen LogP) is 3.68. The molecule has 1 atom stereocenters. The molecular formula is C22H26IN3O2. The van der Waals surface area contributed by atoms with Gasteiger partial charge in [0.15, 0.2) is 6.10 Å². The number of hydrogen-bond donors (Lipinski definition) is 1. The van der Waals surface area contributed by atoms with Crippen LogP contribution in [-0.4, -0.2) is 50.1 Å². The molecule has 1 N–H and O–H groups in total. The van der Waals surface area contributed by atoms with Crippen LogP contribution in [0.5, 0.6) is 5.75 Å². The summed E-state index contributed by atoms with van der Waals surface area (Å²) in [5.74, 6) is 0.775. The van der Waals surface area contributed by atoms with Gasteiger partial charge in [-0.2, -0.15) is 0 Å². The Hall–Kier alpha value is -1.80. The standard InChI is InChI=1S/C22H26IN3O2/c1-15-6-7-16(14-18(15)23)24-22(27)21-9-8-17-19(4-3-5-20(17)28-21)26-12-10-25(2)11-13-26/h3-7,14,21H,8-13H2,1-2H3,(H,24,27). The van der Waals surface area contributed by atoms with Crippen LogP contribution in [0.4, 0.5) is 11.4 Å². The number of anilines is 2. The summed E-state index contributed by atoms with van der Waals surface area (Å²) in [6.45, 7) is 6.27. The second-order valence-electron chi connectivity index (χ2n) is 7.64. The van der Waals surface area contributed by atoms with Gasteiger partial charge in [0.2, 0.25) is 0 Å². The number of piperazine rings is 1. The SMILES string of the molecule is Cc1ccc(NC(=O)C2CCc3c(cccc3N3CCN(C)CC3)O2)cc1I. The van der Waals surface area contributed by atoms with Gasteiger partial charge in [-0.15, -0.1) is 0 Å². The summed E-state index contributed by atoms with van der Waals surface area (Å²) < 4.78 is 7.26. The smallest absolute Gasteiger partial charge is 0.265 e. The van der Waals surface area contributed by atoms with Crippen LogP contribution >= 0.6 is 22.6 Å². The predicted molar refractivity (Wildman–Crippen MR) is 121 cm³/mol. The lowest BCUT2D eigenvalue weighted by Gasteiger charge is -2.36. The van der Waals surface area contributed by atoms with Crippen LogP contribution < -0.4 is 15.0 Å². The average molecular weight is 491 g/mol. The first-order valence-corrected chi connectivity index (χ1v) is 10.9. The number of hydrogen-bond acceptors (Lipinski definition) is 4. The van der Waals surface area contributed by atoms with E-state index in [1.54, 1.807) is 0 Å². The van der Waals surface area contributed by atoms with Gasteiger partial charge < -0.3 is 19.9 Å². The minimum absolute atomic E-state index is 0.0738. The highest BCUT2D eigenvalue weighted by Gasteiger charge is 2.29. The number of rotatable bonds is 3. The molecule has 0 radical (unpaired) electrons. The van der Waals surface area contributed by atoms with Crippen molar-refractivity contribution in [3.8, 4) is 5.75 Å². The normalized spacial score (nSPS) is 19.7. The Balaban J connectivity index is 1.46. The first-order chi connectivity index (χ1) is 13.5. The summed E-state index contributed by atoms with van der Waals surface area (Å²) in [6.07, 6.45) is 1.11. The Bertz CT molecular complexity index is 878. The van der Waals surface area contributed by atoms with Gasteiger partial charge in [-0.05, 0) is 79.2 Å². The maximum atomic E-state index is 12.7. The number of aryl methyl sites for hydroxylation is 1. The molecule has 1 saturated heterocycles. The fraction of sp³-hybridized carbons (Fsp3) is 0.409. The van der Waals surface area contributed by atoms with Crippen LogP contribution in [0.2, 0.25) is 0 Å². The first-order valence-electron chi connectivity index (χ1n) is 9.80. The third kappa shape index (κ3) is 4.12. The summed E-state index contributed by atoms with van der Waals surface area (Å²) in [6, 6.07) is 12.2. The monoisotopic (exact) mass is 491 g/mol. The minimum Gasteiger partial charge on any atom is -0.480 e. The van der Waals surface area contributed by atoms with Crippen LogP contribution in [0, 0.1) is 10.5 Å². The van der Waals surface area contributed by atoms with Gasteiger partial charge in [0.1, 0.15) is 5.75 Å². The number of halogens is 1. The molecule has 1 amide bonds. The fourth-order valence-electron chi connectivity index (χ4n) is 3.82. The van der Waals surface area contributed by atoms with E-state index < -0.39 is 6.10 Å². The van der Waals surface area contributed by atoms with E-state index in [-0.39, 0.29) is 5.91 Å². The largest absolute Gasteiger partial charge is 0.480 e.